The Morgan fingerprint density at radius 2 is 2.35 bits per heavy atom. The average Bonchev–Trinajstić information content (AvgIpc) is 3.13. The highest BCUT2D eigenvalue weighted by molar-refractivity contribution is 5.41. The van der Waals surface area contributed by atoms with Crippen LogP contribution in [0.25, 0.3) is 0 Å². The van der Waals surface area contributed by atoms with E-state index in [1.165, 1.54) is 12.8 Å². The van der Waals surface area contributed by atoms with Crippen LogP contribution in [0.2, 0.25) is 0 Å². The number of aromatic nitrogens is 1. The maximum Gasteiger partial charge on any atom is 0.129 e. The summed E-state index contributed by atoms with van der Waals surface area (Å²) in [5.41, 5.74) is 1.06. The van der Waals surface area contributed by atoms with E-state index in [4.69, 9.17) is 6.42 Å². The van der Waals surface area contributed by atoms with Crippen LogP contribution in [0.3, 0.4) is 0 Å². The number of nitrogens with one attached hydrogen (secondary N) is 1. The minimum absolute atomic E-state index is 0.645. The maximum absolute atomic E-state index is 5.43. The quantitative estimate of drug-likeness (QED) is 0.752. The molecule has 0 aliphatic heterocycles. The summed E-state index contributed by atoms with van der Waals surface area (Å²) in [6.45, 7) is 2.48. The molecule has 0 aromatic carbocycles. The Balaban J connectivity index is 2.10. The summed E-state index contributed by atoms with van der Waals surface area (Å²) in [6, 6.07) is 6.12. The van der Waals surface area contributed by atoms with E-state index < -0.39 is 0 Å². The van der Waals surface area contributed by atoms with Gasteiger partial charge in [0.05, 0.1) is 12.2 Å². The van der Waals surface area contributed by atoms with E-state index in [0.29, 0.717) is 6.54 Å². The standard InChI is InChI=1S/C14H19N3/c1-3-9-17(11-12-7-8-12)14-6-4-5-13(16-14)10-15-2/h1,4-6,12,15H,7-11H2,2H3. The molecule has 1 aliphatic rings. The average molecular weight is 229 g/mol. The third kappa shape index (κ3) is 3.47. The minimum atomic E-state index is 0.645. The topological polar surface area (TPSA) is 28.2 Å². The zero-order valence-electron chi connectivity index (χ0n) is 10.3. The third-order valence-corrected chi connectivity index (χ3v) is 2.93. The Bertz CT molecular complexity index is 404. The summed E-state index contributed by atoms with van der Waals surface area (Å²) in [5, 5.41) is 3.11. The van der Waals surface area contributed by atoms with Crippen molar-refractivity contribution in [3.8, 4) is 12.3 Å². The monoisotopic (exact) mass is 229 g/mol. The number of nitrogens with zero attached hydrogens (tertiary/aromatic N) is 2. The van der Waals surface area contributed by atoms with Gasteiger partial charge in [0.25, 0.3) is 0 Å². The normalized spacial score (nSPS) is 14.4. The van der Waals surface area contributed by atoms with Gasteiger partial charge in [-0.15, -0.1) is 6.42 Å². The van der Waals surface area contributed by atoms with Crippen molar-refractivity contribution in [2.24, 2.45) is 5.92 Å². The molecular weight excluding hydrogens is 210 g/mol. The molecule has 1 fully saturated rings. The Hall–Kier alpha value is -1.53. The fourth-order valence-corrected chi connectivity index (χ4v) is 1.88. The van der Waals surface area contributed by atoms with Crippen molar-refractivity contribution in [3.63, 3.8) is 0 Å². The highest BCUT2D eigenvalue weighted by Gasteiger charge is 2.24. The van der Waals surface area contributed by atoms with E-state index in [2.05, 4.69) is 21.1 Å². The number of hydrogen-bond donors (Lipinski definition) is 1. The van der Waals surface area contributed by atoms with Crippen LogP contribution in [0.5, 0.6) is 0 Å². The van der Waals surface area contributed by atoms with E-state index in [-0.39, 0.29) is 0 Å². The predicted molar refractivity (Wildman–Crippen MR) is 70.8 cm³/mol. The molecule has 1 aromatic heterocycles. The summed E-state index contributed by atoms with van der Waals surface area (Å²) >= 11 is 0. The van der Waals surface area contributed by atoms with Gasteiger partial charge in [-0.05, 0) is 37.9 Å². The van der Waals surface area contributed by atoms with Crippen LogP contribution >= 0.6 is 0 Å². The molecule has 2 rings (SSSR count). The fraction of sp³-hybridized carbons (Fsp3) is 0.500. The summed E-state index contributed by atoms with van der Waals surface area (Å²) in [7, 11) is 1.93. The fourth-order valence-electron chi connectivity index (χ4n) is 1.88. The molecule has 1 saturated carbocycles. The van der Waals surface area contributed by atoms with Crippen LogP contribution < -0.4 is 10.2 Å². The molecule has 3 nitrogen and oxygen atoms in total. The molecule has 3 heteroatoms. The molecule has 1 N–H and O–H groups in total. The van der Waals surface area contributed by atoms with Crippen molar-refractivity contribution in [1.82, 2.24) is 10.3 Å². The largest absolute Gasteiger partial charge is 0.345 e. The molecule has 1 aromatic rings. The van der Waals surface area contributed by atoms with Crippen LogP contribution in [0, 0.1) is 18.3 Å². The van der Waals surface area contributed by atoms with Crippen LogP contribution in [-0.2, 0) is 6.54 Å². The lowest BCUT2D eigenvalue weighted by Crippen LogP contribution is -2.27. The van der Waals surface area contributed by atoms with Crippen molar-refractivity contribution in [2.45, 2.75) is 19.4 Å². The molecule has 0 radical (unpaired) electrons. The van der Waals surface area contributed by atoms with E-state index in [1.54, 1.807) is 0 Å². The van der Waals surface area contributed by atoms with Gasteiger partial charge >= 0.3 is 0 Å². The van der Waals surface area contributed by atoms with Crippen molar-refractivity contribution in [3.05, 3.63) is 23.9 Å². The van der Waals surface area contributed by atoms with Crippen LogP contribution in [-0.4, -0.2) is 25.1 Å². The van der Waals surface area contributed by atoms with E-state index >= 15 is 0 Å². The maximum atomic E-state index is 5.43. The molecule has 0 spiro atoms. The van der Waals surface area contributed by atoms with Crippen molar-refractivity contribution in [1.29, 1.82) is 0 Å². The lowest BCUT2D eigenvalue weighted by Gasteiger charge is -2.21. The third-order valence-electron chi connectivity index (χ3n) is 2.93. The highest BCUT2D eigenvalue weighted by atomic mass is 15.2. The van der Waals surface area contributed by atoms with Gasteiger partial charge in [0.2, 0.25) is 0 Å². The molecule has 0 amide bonds. The second-order valence-electron chi connectivity index (χ2n) is 4.55. The second-order valence-corrected chi connectivity index (χ2v) is 4.55. The molecule has 0 saturated heterocycles. The minimum Gasteiger partial charge on any atom is -0.345 e. The molecular formula is C14H19N3. The number of rotatable bonds is 6. The van der Waals surface area contributed by atoms with Crippen LogP contribution in [0.15, 0.2) is 18.2 Å². The molecule has 0 unspecified atom stereocenters. The summed E-state index contributed by atoms with van der Waals surface area (Å²) in [6.07, 6.45) is 8.09. The first-order chi connectivity index (χ1) is 8.33. The van der Waals surface area contributed by atoms with Crippen molar-refractivity contribution in [2.75, 3.05) is 25.0 Å². The van der Waals surface area contributed by atoms with Gasteiger partial charge in [-0.1, -0.05) is 12.0 Å². The van der Waals surface area contributed by atoms with Gasteiger partial charge < -0.3 is 10.2 Å². The van der Waals surface area contributed by atoms with E-state index in [9.17, 15) is 0 Å². The highest BCUT2D eigenvalue weighted by Crippen LogP contribution is 2.30. The summed E-state index contributed by atoms with van der Waals surface area (Å²) < 4.78 is 0. The smallest absolute Gasteiger partial charge is 0.129 e. The van der Waals surface area contributed by atoms with Crippen LogP contribution in [0.4, 0.5) is 5.82 Å². The Morgan fingerprint density at radius 1 is 1.53 bits per heavy atom. The first-order valence-electron chi connectivity index (χ1n) is 6.12. The van der Waals surface area contributed by atoms with Gasteiger partial charge in [0.15, 0.2) is 0 Å². The molecule has 0 atom stereocenters. The molecule has 1 heterocycles. The summed E-state index contributed by atoms with van der Waals surface area (Å²) in [5.74, 6) is 4.54. The Morgan fingerprint density at radius 3 is 3.00 bits per heavy atom. The molecule has 90 valence electrons. The van der Waals surface area contributed by atoms with Gasteiger partial charge in [-0.3, -0.25) is 0 Å². The first-order valence-corrected chi connectivity index (χ1v) is 6.12. The first kappa shape index (κ1) is 11.9. The van der Waals surface area contributed by atoms with Gasteiger partial charge in [-0.25, -0.2) is 4.98 Å². The zero-order valence-corrected chi connectivity index (χ0v) is 10.3. The SMILES string of the molecule is C#CCN(CC1CC1)c1cccc(CNC)n1. The number of pyridine rings is 1. The van der Waals surface area contributed by atoms with E-state index in [0.717, 1.165) is 30.5 Å². The van der Waals surface area contributed by atoms with Crippen LogP contribution in [0.1, 0.15) is 18.5 Å². The number of anilines is 1. The summed E-state index contributed by atoms with van der Waals surface area (Å²) in [4.78, 5) is 6.84. The van der Waals surface area contributed by atoms with Gasteiger partial charge in [0.1, 0.15) is 5.82 Å². The molecule has 1 aliphatic carbocycles. The second kappa shape index (κ2) is 5.70. The van der Waals surface area contributed by atoms with Gasteiger partial charge in [0, 0.05) is 13.1 Å². The Labute approximate surface area is 103 Å². The predicted octanol–water partition coefficient (Wildman–Crippen LogP) is 1.65. The van der Waals surface area contributed by atoms with E-state index in [1.807, 2.05) is 25.2 Å². The molecule has 0 bridgehead atoms. The lowest BCUT2D eigenvalue weighted by atomic mass is 10.3. The zero-order chi connectivity index (χ0) is 12.1. The Kier molecular flexibility index (Phi) is 4.00. The number of hydrogen-bond acceptors (Lipinski definition) is 3. The number of terminal acetylenes is 1. The lowest BCUT2D eigenvalue weighted by molar-refractivity contribution is 0.741. The molecule has 17 heavy (non-hydrogen) atoms. The van der Waals surface area contributed by atoms with Crippen molar-refractivity contribution >= 4 is 5.82 Å². The van der Waals surface area contributed by atoms with Gasteiger partial charge in [-0.2, -0.15) is 0 Å². The van der Waals surface area contributed by atoms with Crippen molar-refractivity contribution < 1.29 is 0 Å².